The number of carbonyl (C=O) groups is 1. The second kappa shape index (κ2) is 9.80. The highest BCUT2D eigenvalue weighted by Gasteiger charge is 2.28. The lowest BCUT2D eigenvalue weighted by molar-refractivity contribution is -0.131. The topological polar surface area (TPSA) is 96.6 Å². The largest absolute Gasteiger partial charge is 0.341 e. The average Bonchev–Trinajstić information content (AvgIpc) is 3.13. The van der Waals surface area contributed by atoms with Gasteiger partial charge < -0.3 is 9.42 Å². The van der Waals surface area contributed by atoms with E-state index in [2.05, 4.69) is 10.1 Å². The number of aryl methyl sites for hydroxylation is 2. The molecule has 0 radical (unpaired) electrons. The first-order valence-corrected chi connectivity index (χ1v) is 12.2. The number of sulfonamides is 1. The standard InChI is InChI=1S/C23H25FN4O4S/c1-17-3-5-18(6-4-17)23-25-21(32-26-23)11-12-22(29)27-13-2-14-28(16-15-27)33(30,31)20-9-7-19(24)8-10-20/h3-10H,2,11-16H2,1H3. The molecular weight excluding hydrogens is 447 g/mol. The fraction of sp³-hybridized carbons (Fsp3) is 0.348. The van der Waals surface area contributed by atoms with Crippen LogP contribution in [0.1, 0.15) is 24.3 Å². The Hall–Kier alpha value is -3.11. The van der Waals surface area contributed by atoms with E-state index in [1.165, 1.54) is 16.4 Å². The van der Waals surface area contributed by atoms with Crippen LogP contribution in [0.3, 0.4) is 0 Å². The summed E-state index contributed by atoms with van der Waals surface area (Å²) in [6.45, 7) is 3.23. The van der Waals surface area contributed by atoms with E-state index in [-0.39, 0.29) is 30.3 Å². The number of hydrogen-bond donors (Lipinski definition) is 0. The van der Waals surface area contributed by atoms with Gasteiger partial charge in [0.2, 0.25) is 27.6 Å². The summed E-state index contributed by atoms with van der Waals surface area (Å²) >= 11 is 0. The lowest BCUT2D eigenvalue weighted by Crippen LogP contribution is -2.37. The number of amides is 1. The molecule has 33 heavy (non-hydrogen) atoms. The Morgan fingerprint density at radius 3 is 2.48 bits per heavy atom. The molecule has 0 saturated carbocycles. The van der Waals surface area contributed by atoms with Crippen LogP contribution in [0.4, 0.5) is 4.39 Å². The fourth-order valence-corrected chi connectivity index (χ4v) is 5.16. The molecule has 0 unspecified atom stereocenters. The number of rotatable bonds is 6. The third-order valence-corrected chi connectivity index (χ3v) is 7.50. The molecule has 1 saturated heterocycles. The summed E-state index contributed by atoms with van der Waals surface area (Å²) < 4.78 is 45.5. The van der Waals surface area contributed by atoms with E-state index in [9.17, 15) is 17.6 Å². The SMILES string of the molecule is Cc1ccc(-c2noc(CCC(=O)N3CCCN(S(=O)(=O)c4ccc(F)cc4)CC3)n2)cc1. The molecular formula is C23H25FN4O4S. The zero-order chi connectivity index (χ0) is 23.4. The molecule has 174 valence electrons. The van der Waals surface area contributed by atoms with Crippen LogP contribution >= 0.6 is 0 Å². The zero-order valence-corrected chi connectivity index (χ0v) is 19.1. The number of carbonyl (C=O) groups excluding carboxylic acids is 1. The third kappa shape index (κ3) is 5.45. The normalized spacial score (nSPS) is 15.4. The number of halogens is 1. The van der Waals surface area contributed by atoms with Crippen LogP contribution in [-0.4, -0.2) is 59.8 Å². The van der Waals surface area contributed by atoms with Crippen LogP contribution in [0.25, 0.3) is 11.4 Å². The van der Waals surface area contributed by atoms with E-state index in [1.807, 2.05) is 31.2 Å². The smallest absolute Gasteiger partial charge is 0.243 e. The molecule has 1 fully saturated rings. The van der Waals surface area contributed by atoms with Gasteiger partial charge >= 0.3 is 0 Å². The molecule has 1 amide bonds. The van der Waals surface area contributed by atoms with Crippen molar-refractivity contribution in [1.29, 1.82) is 0 Å². The average molecular weight is 473 g/mol. The van der Waals surface area contributed by atoms with Gasteiger partial charge in [-0.25, -0.2) is 12.8 Å². The second-order valence-electron chi connectivity index (χ2n) is 7.97. The zero-order valence-electron chi connectivity index (χ0n) is 18.3. The van der Waals surface area contributed by atoms with Gasteiger partial charge in [0, 0.05) is 44.6 Å². The first kappa shape index (κ1) is 23.1. The van der Waals surface area contributed by atoms with Gasteiger partial charge in [0.05, 0.1) is 4.90 Å². The Morgan fingerprint density at radius 1 is 1.03 bits per heavy atom. The van der Waals surface area contributed by atoms with Gasteiger partial charge in [-0.15, -0.1) is 0 Å². The van der Waals surface area contributed by atoms with Gasteiger partial charge in [0.15, 0.2) is 0 Å². The van der Waals surface area contributed by atoms with E-state index in [0.717, 1.165) is 23.3 Å². The summed E-state index contributed by atoms with van der Waals surface area (Å²) in [5.41, 5.74) is 1.98. The van der Waals surface area contributed by atoms with Gasteiger partial charge in [0.25, 0.3) is 0 Å². The summed E-state index contributed by atoms with van der Waals surface area (Å²) in [5, 5.41) is 3.98. The molecule has 10 heteroatoms. The molecule has 0 atom stereocenters. The Morgan fingerprint density at radius 2 is 1.76 bits per heavy atom. The van der Waals surface area contributed by atoms with Crippen molar-refractivity contribution in [2.45, 2.75) is 31.1 Å². The molecule has 1 aromatic heterocycles. The maximum absolute atomic E-state index is 13.2. The van der Waals surface area contributed by atoms with Gasteiger partial charge in [-0.05, 0) is 37.6 Å². The lowest BCUT2D eigenvalue weighted by Gasteiger charge is -2.22. The number of benzene rings is 2. The highest BCUT2D eigenvalue weighted by Crippen LogP contribution is 2.20. The lowest BCUT2D eigenvalue weighted by atomic mass is 10.1. The quantitative estimate of drug-likeness (QED) is 0.547. The predicted molar refractivity (Wildman–Crippen MR) is 119 cm³/mol. The molecule has 0 spiro atoms. The summed E-state index contributed by atoms with van der Waals surface area (Å²) in [4.78, 5) is 18.8. The van der Waals surface area contributed by atoms with Gasteiger partial charge in [-0.3, -0.25) is 4.79 Å². The van der Waals surface area contributed by atoms with Crippen molar-refractivity contribution in [3.63, 3.8) is 0 Å². The highest BCUT2D eigenvalue weighted by atomic mass is 32.2. The minimum Gasteiger partial charge on any atom is -0.341 e. The molecule has 1 aliphatic rings. The van der Waals surface area contributed by atoms with Gasteiger partial charge in [0.1, 0.15) is 5.82 Å². The van der Waals surface area contributed by atoms with E-state index >= 15 is 0 Å². The summed E-state index contributed by atoms with van der Waals surface area (Å²) in [6, 6.07) is 12.5. The fourth-order valence-electron chi connectivity index (χ4n) is 3.69. The van der Waals surface area contributed by atoms with Crippen molar-refractivity contribution in [2.24, 2.45) is 0 Å². The summed E-state index contributed by atoms with van der Waals surface area (Å²) in [6.07, 6.45) is 1.02. The minimum absolute atomic E-state index is 0.0458. The minimum atomic E-state index is -3.74. The maximum atomic E-state index is 13.2. The van der Waals surface area contributed by atoms with E-state index in [4.69, 9.17) is 4.52 Å². The first-order chi connectivity index (χ1) is 15.8. The Kier molecular flexibility index (Phi) is 6.85. The summed E-state index contributed by atoms with van der Waals surface area (Å²) in [5.74, 6) is 0.281. The van der Waals surface area contributed by atoms with Crippen molar-refractivity contribution >= 4 is 15.9 Å². The van der Waals surface area contributed by atoms with E-state index in [0.29, 0.717) is 37.6 Å². The second-order valence-corrected chi connectivity index (χ2v) is 9.91. The third-order valence-electron chi connectivity index (χ3n) is 5.59. The van der Waals surface area contributed by atoms with Crippen molar-refractivity contribution in [3.8, 4) is 11.4 Å². The monoisotopic (exact) mass is 472 g/mol. The van der Waals surface area contributed by atoms with Crippen LogP contribution in [0.2, 0.25) is 0 Å². The van der Waals surface area contributed by atoms with Crippen molar-refractivity contribution < 1.29 is 22.1 Å². The van der Waals surface area contributed by atoms with Crippen molar-refractivity contribution in [3.05, 3.63) is 65.8 Å². The Balaban J connectivity index is 1.33. The number of aromatic nitrogens is 2. The first-order valence-electron chi connectivity index (χ1n) is 10.8. The maximum Gasteiger partial charge on any atom is 0.243 e. The van der Waals surface area contributed by atoms with E-state index in [1.54, 1.807) is 4.90 Å². The molecule has 3 aromatic rings. The molecule has 2 aromatic carbocycles. The van der Waals surface area contributed by atoms with Crippen molar-refractivity contribution in [1.82, 2.24) is 19.3 Å². The van der Waals surface area contributed by atoms with Gasteiger partial charge in [-0.2, -0.15) is 9.29 Å². The summed E-state index contributed by atoms with van der Waals surface area (Å²) in [7, 11) is -3.74. The predicted octanol–water partition coefficient (Wildman–Crippen LogP) is 3.04. The number of hydrogen-bond acceptors (Lipinski definition) is 6. The van der Waals surface area contributed by atoms with Gasteiger partial charge in [-0.1, -0.05) is 35.0 Å². The van der Waals surface area contributed by atoms with Crippen LogP contribution in [0.5, 0.6) is 0 Å². The van der Waals surface area contributed by atoms with Crippen LogP contribution in [0.15, 0.2) is 57.9 Å². The van der Waals surface area contributed by atoms with Crippen LogP contribution in [-0.2, 0) is 21.2 Å². The molecule has 0 bridgehead atoms. The Bertz CT molecular complexity index is 1210. The molecule has 2 heterocycles. The molecule has 1 aliphatic heterocycles. The molecule has 4 rings (SSSR count). The molecule has 0 aliphatic carbocycles. The Labute approximate surface area is 192 Å². The van der Waals surface area contributed by atoms with Crippen LogP contribution < -0.4 is 0 Å². The van der Waals surface area contributed by atoms with E-state index < -0.39 is 15.8 Å². The van der Waals surface area contributed by atoms with Crippen LogP contribution in [0, 0.1) is 12.7 Å². The number of nitrogens with zero attached hydrogens (tertiary/aromatic N) is 4. The highest BCUT2D eigenvalue weighted by molar-refractivity contribution is 7.89. The van der Waals surface area contributed by atoms with Crippen molar-refractivity contribution in [2.75, 3.05) is 26.2 Å². The molecule has 0 N–H and O–H groups in total. The molecule has 8 nitrogen and oxygen atoms in total.